The van der Waals surface area contributed by atoms with Crippen molar-refractivity contribution in [2.75, 3.05) is 0 Å². The molecule has 94 valence electrons. The van der Waals surface area contributed by atoms with Gasteiger partial charge in [-0.3, -0.25) is 0 Å². The number of hydrogen-bond donors (Lipinski definition) is 1. The molecule has 0 radical (unpaired) electrons. The molecule has 0 saturated carbocycles. The van der Waals surface area contributed by atoms with Crippen molar-refractivity contribution in [2.45, 2.75) is 13.5 Å². The minimum absolute atomic E-state index is 0.237. The summed E-state index contributed by atoms with van der Waals surface area (Å²) < 4.78 is 6.68. The Morgan fingerprint density at radius 2 is 2.22 bits per heavy atom. The zero-order valence-electron chi connectivity index (χ0n) is 9.64. The van der Waals surface area contributed by atoms with Gasteiger partial charge in [-0.2, -0.15) is 0 Å². The van der Waals surface area contributed by atoms with Gasteiger partial charge in [0.25, 0.3) is 0 Å². The maximum atomic E-state index is 10.9. The summed E-state index contributed by atoms with van der Waals surface area (Å²) in [5.41, 5.74) is 1.16. The van der Waals surface area contributed by atoms with Gasteiger partial charge >= 0.3 is 5.97 Å². The zero-order chi connectivity index (χ0) is 13.1. The molecule has 0 aliphatic heterocycles. The number of aryl methyl sites for hydroxylation is 1. The predicted octanol–water partition coefficient (Wildman–Crippen LogP) is 4.10. The molecule has 0 spiro atoms. The van der Waals surface area contributed by atoms with E-state index in [4.69, 9.17) is 9.84 Å². The maximum Gasteiger partial charge on any atom is 0.335 e. The number of ether oxygens (including phenoxy) is 1. The van der Waals surface area contributed by atoms with Crippen LogP contribution in [0.5, 0.6) is 5.75 Å². The normalized spacial score (nSPS) is 10.3. The van der Waals surface area contributed by atoms with Crippen LogP contribution in [0, 0.1) is 6.92 Å². The van der Waals surface area contributed by atoms with Crippen LogP contribution in [0.25, 0.3) is 0 Å². The molecule has 0 atom stereocenters. The molecular formula is C13H11BrO3S. The van der Waals surface area contributed by atoms with Crippen molar-refractivity contribution in [3.8, 4) is 5.75 Å². The van der Waals surface area contributed by atoms with Gasteiger partial charge in [0.15, 0.2) is 0 Å². The van der Waals surface area contributed by atoms with Crippen LogP contribution in [0.2, 0.25) is 0 Å². The van der Waals surface area contributed by atoms with Gasteiger partial charge in [-0.05, 0) is 52.0 Å². The highest BCUT2D eigenvalue weighted by Crippen LogP contribution is 2.26. The number of aromatic carboxylic acids is 1. The Hall–Kier alpha value is -1.33. The lowest BCUT2D eigenvalue weighted by Crippen LogP contribution is -2.00. The van der Waals surface area contributed by atoms with E-state index in [2.05, 4.69) is 15.9 Å². The Kier molecular flexibility index (Phi) is 4.04. The number of hydrogen-bond acceptors (Lipinski definition) is 3. The third-order valence-electron chi connectivity index (χ3n) is 2.48. The molecule has 1 aromatic carbocycles. The highest BCUT2D eigenvalue weighted by atomic mass is 79.9. The van der Waals surface area contributed by atoms with E-state index in [1.807, 2.05) is 18.4 Å². The smallest absolute Gasteiger partial charge is 0.335 e. The minimum Gasteiger partial charge on any atom is -0.488 e. The fourth-order valence-electron chi connectivity index (χ4n) is 1.46. The van der Waals surface area contributed by atoms with E-state index in [1.54, 1.807) is 29.5 Å². The molecule has 3 nitrogen and oxygen atoms in total. The number of thiophene rings is 1. The molecule has 1 aromatic heterocycles. The second-order valence-electron chi connectivity index (χ2n) is 3.77. The van der Waals surface area contributed by atoms with Crippen LogP contribution in [0.1, 0.15) is 20.8 Å². The molecular weight excluding hydrogens is 316 g/mol. The third-order valence-corrected chi connectivity index (χ3v) is 4.38. The van der Waals surface area contributed by atoms with Gasteiger partial charge in [0.1, 0.15) is 12.4 Å². The zero-order valence-corrected chi connectivity index (χ0v) is 12.0. The van der Waals surface area contributed by atoms with Crippen molar-refractivity contribution in [3.05, 3.63) is 50.1 Å². The molecule has 0 bridgehead atoms. The van der Waals surface area contributed by atoms with Crippen molar-refractivity contribution in [1.82, 2.24) is 0 Å². The highest BCUT2D eigenvalue weighted by molar-refractivity contribution is 9.10. The fraction of sp³-hybridized carbons (Fsp3) is 0.154. The second kappa shape index (κ2) is 5.54. The average Bonchev–Trinajstić information content (AvgIpc) is 2.73. The third kappa shape index (κ3) is 2.91. The van der Waals surface area contributed by atoms with Crippen molar-refractivity contribution >= 4 is 33.2 Å². The summed E-state index contributed by atoms with van der Waals surface area (Å²) in [6.07, 6.45) is 0. The van der Waals surface area contributed by atoms with Gasteiger partial charge in [-0.15, -0.1) is 11.3 Å². The van der Waals surface area contributed by atoms with Gasteiger partial charge in [-0.25, -0.2) is 4.79 Å². The lowest BCUT2D eigenvalue weighted by Gasteiger charge is -2.09. The Bertz CT molecular complexity index is 577. The van der Waals surface area contributed by atoms with E-state index in [-0.39, 0.29) is 5.56 Å². The van der Waals surface area contributed by atoms with Gasteiger partial charge < -0.3 is 9.84 Å². The van der Waals surface area contributed by atoms with Crippen molar-refractivity contribution in [3.63, 3.8) is 0 Å². The maximum absolute atomic E-state index is 10.9. The minimum atomic E-state index is -0.947. The summed E-state index contributed by atoms with van der Waals surface area (Å²) in [5, 5.41) is 10.9. The molecule has 2 aromatic rings. The van der Waals surface area contributed by atoms with Gasteiger partial charge in [0, 0.05) is 4.47 Å². The molecule has 0 amide bonds. The van der Waals surface area contributed by atoms with Crippen molar-refractivity contribution in [1.29, 1.82) is 0 Å². The number of carboxylic acid groups (broad SMARTS) is 1. The summed E-state index contributed by atoms with van der Waals surface area (Å²) in [5.74, 6) is -0.340. The van der Waals surface area contributed by atoms with Crippen LogP contribution < -0.4 is 4.74 Å². The quantitative estimate of drug-likeness (QED) is 0.920. The molecule has 1 N–H and O–H groups in total. The number of halogens is 1. The summed E-state index contributed by atoms with van der Waals surface area (Å²) in [7, 11) is 0. The predicted molar refractivity (Wildman–Crippen MR) is 74.5 cm³/mol. The van der Waals surface area contributed by atoms with Crippen molar-refractivity contribution < 1.29 is 14.6 Å². The number of carboxylic acids is 1. The van der Waals surface area contributed by atoms with Crippen LogP contribution in [0.15, 0.2) is 34.1 Å². The van der Waals surface area contributed by atoms with Crippen LogP contribution >= 0.6 is 27.3 Å². The van der Waals surface area contributed by atoms with E-state index in [0.717, 1.165) is 14.9 Å². The summed E-state index contributed by atoms with van der Waals surface area (Å²) in [4.78, 5) is 12.0. The van der Waals surface area contributed by atoms with Crippen molar-refractivity contribution in [2.24, 2.45) is 0 Å². The molecule has 0 aliphatic carbocycles. The molecule has 0 unspecified atom stereocenters. The number of carbonyl (C=O) groups is 1. The topological polar surface area (TPSA) is 46.5 Å². The van der Waals surface area contributed by atoms with Crippen LogP contribution in [-0.2, 0) is 6.61 Å². The SMILES string of the molecule is Cc1ccc(C(=O)O)cc1OCc1sccc1Br. The van der Waals surface area contributed by atoms with E-state index in [1.165, 1.54) is 0 Å². The van der Waals surface area contributed by atoms with E-state index >= 15 is 0 Å². The molecule has 0 fully saturated rings. The van der Waals surface area contributed by atoms with Gasteiger partial charge in [0.05, 0.1) is 10.4 Å². The van der Waals surface area contributed by atoms with Crippen LogP contribution in [0.4, 0.5) is 0 Å². The van der Waals surface area contributed by atoms with E-state index in [0.29, 0.717) is 12.4 Å². The second-order valence-corrected chi connectivity index (χ2v) is 5.62. The summed E-state index contributed by atoms with van der Waals surface area (Å²) in [6.45, 7) is 2.33. The standard InChI is InChI=1S/C13H11BrO3S/c1-8-2-3-9(13(15)16)6-11(8)17-7-12-10(14)4-5-18-12/h2-6H,7H2,1H3,(H,15,16). The highest BCUT2D eigenvalue weighted by Gasteiger charge is 2.08. The van der Waals surface area contributed by atoms with Crippen LogP contribution in [-0.4, -0.2) is 11.1 Å². The number of rotatable bonds is 4. The first-order valence-electron chi connectivity index (χ1n) is 5.26. The monoisotopic (exact) mass is 326 g/mol. The lowest BCUT2D eigenvalue weighted by molar-refractivity contribution is 0.0696. The van der Waals surface area contributed by atoms with E-state index in [9.17, 15) is 4.79 Å². The number of benzene rings is 1. The molecule has 18 heavy (non-hydrogen) atoms. The summed E-state index contributed by atoms with van der Waals surface area (Å²) in [6, 6.07) is 6.84. The summed E-state index contributed by atoms with van der Waals surface area (Å²) >= 11 is 5.03. The molecule has 0 saturated heterocycles. The molecule has 1 heterocycles. The first-order chi connectivity index (χ1) is 8.58. The van der Waals surface area contributed by atoms with E-state index < -0.39 is 5.97 Å². The Morgan fingerprint density at radius 3 is 2.83 bits per heavy atom. The lowest BCUT2D eigenvalue weighted by atomic mass is 10.1. The first-order valence-corrected chi connectivity index (χ1v) is 6.94. The fourth-order valence-corrected chi connectivity index (χ4v) is 2.84. The van der Waals surface area contributed by atoms with Gasteiger partial charge in [-0.1, -0.05) is 6.07 Å². The first kappa shape index (κ1) is 13.1. The average molecular weight is 327 g/mol. The Morgan fingerprint density at radius 1 is 1.44 bits per heavy atom. The molecule has 2 rings (SSSR count). The Labute approximate surface area is 117 Å². The Balaban J connectivity index is 2.16. The molecule has 0 aliphatic rings. The molecule has 5 heteroatoms. The largest absolute Gasteiger partial charge is 0.488 e. The van der Waals surface area contributed by atoms with Crippen LogP contribution in [0.3, 0.4) is 0 Å². The van der Waals surface area contributed by atoms with Gasteiger partial charge in [0.2, 0.25) is 0 Å².